The number of nitrogens with zero attached hydrogens (tertiary/aromatic N) is 2. The first-order valence-corrected chi connectivity index (χ1v) is 9.22. The summed E-state index contributed by atoms with van der Waals surface area (Å²) in [6.45, 7) is 5.82. The maximum absolute atomic E-state index is 12.3. The van der Waals surface area contributed by atoms with E-state index in [-0.39, 0.29) is 5.91 Å². The van der Waals surface area contributed by atoms with Gasteiger partial charge in [0.25, 0.3) is 0 Å². The van der Waals surface area contributed by atoms with Gasteiger partial charge in [-0.15, -0.1) is 0 Å². The van der Waals surface area contributed by atoms with Gasteiger partial charge >= 0.3 is 0 Å². The average molecular weight is 363 g/mol. The molecule has 0 unspecified atom stereocenters. The number of amides is 1. The predicted octanol–water partition coefficient (Wildman–Crippen LogP) is 3.14. The molecule has 6 heteroatoms. The van der Waals surface area contributed by atoms with Crippen LogP contribution in [0.25, 0.3) is 10.8 Å². The summed E-state index contributed by atoms with van der Waals surface area (Å²) < 4.78 is 0. The van der Waals surface area contributed by atoms with E-state index in [1.807, 2.05) is 44.2 Å². The molecule has 6 nitrogen and oxygen atoms in total. The van der Waals surface area contributed by atoms with Crippen molar-refractivity contribution in [2.24, 2.45) is 0 Å². The van der Waals surface area contributed by atoms with Gasteiger partial charge in [0.1, 0.15) is 17.5 Å². The van der Waals surface area contributed by atoms with E-state index in [0.717, 1.165) is 34.5 Å². The molecule has 3 rings (SSSR count). The quantitative estimate of drug-likeness (QED) is 0.536. The lowest BCUT2D eigenvalue weighted by molar-refractivity contribution is -0.120. The van der Waals surface area contributed by atoms with Gasteiger partial charge < -0.3 is 16.0 Å². The van der Waals surface area contributed by atoms with Gasteiger partial charge in [-0.1, -0.05) is 42.5 Å². The molecule has 0 spiro atoms. The lowest BCUT2D eigenvalue weighted by Gasteiger charge is -2.10. The van der Waals surface area contributed by atoms with E-state index in [1.165, 1.54) is 0 Å². The zero-order valence-corrected chi connectivity index (χ0v) is 15.7. The first-order chi connectivity index (χ1) is 13.2. The molecule has 0 aliphatic rings. The maximum Gasteiger partial charge on any atom is 0.224 e. The summed E-state index contributed by atoms with van der Waals surface area (Å²) in [5, 5.41) is 11.6. The van der Waals surface area contributed by atoms with Crippen LogP contribution in [0.1, 0.15) is 18.3 Å². The Morgan fingerprint density at radius 1 is 0.963 bits per heavy atom. The molecule has 0 aliphatic carbocycles. The Morgan fingerprint density at radius 2 is 1.70 bits per heavy atom. The van der Waals surface area contributed by atoms with Crippen LogP contribution in [0.15, 0.2) is 48.5 Å². The van der Waals surface area contributed by atoms with Crippen molar-refractivity contribution in [1.82, 2.24) is 15.3 Å². The van der Waals surface area contributed by atoms with Crippen LogP contribution in [-0.2, 0) is 11.2 Å². The molecular weight excluding hydrogens is 338 g/mol. The highest BCUT2D eigenvalue weighted by molar-refractivity contribution is 5.90. The van der Waals surface area contributed by atoms with E-state index < -0.39 is 0 Å². The highest BCUT2D eigenvalue weighted by Crippen LogP contribution is 2.18. The lowest BCUT2D eigenvalue weighted by atomic mass is 10.0. The van der Waals surface area contributed by atoms with Crippen molar-refractivity contribution >= 4 is 28.3 Å². The van der Waals surface area contributed by atoms with E-state index >= 15 is 0 Å². The summed E-state index contributed by atoms with van der Waals surface area (Å²) in [4.78, 5) is 21.0. The van der Waals surface area contributed by atoms with Gasteiger partial charge in [0.15, 0.2) is 0 Å². The SMILES string of the molecule is CCNc1cc(NCCNC(=O)Cc2cccc3ccccc23)nc(C)n1. The van der Waals surface area contributed by atoms with Crippen molar-refractivity contribution in [2.75, 3.05) is 30.3 Å². The third-order valence-electron chi connectivity index (χ3n) is 4.18. The number of aromatic nitrogens is 2. The minimum atomic E-state index is 0.0142. The number of carbonyl (C=O) groups excluding carboxylic acids is 1. The molecule has 0 fully saturated rings. The number of hydrogen-bond acceptors (Lipinski definition) is 5. The molecule has 0 atom stereocenters. The monoisotopic (exact) mass is 363 g/mol. The molecule has 0 saturated heterocycles. The van der Waals surface area contributed by atoms with Crippen LogP contribution in [0.5, 0.6) is 0 Å². The highest BCUT2D eigenvalue weighted by atomic mass is 16.1. The second-order valence-corrected chi connectivity index (χ2v) is 6.31. The summed E-state index contributed by atoms with van der Waals surface area (Å²) in [6, 6.07) is 16.1. The Balaban J connectivity index is 1.50. The summed E-state index contributed by atoms with van der Waals surface area (Å²) in [7, 11) is 0. The number of carbonyl (C=O) groups is 1. The largest absolute Gasteiger partial charge is 0.370 e. The van der Waals surface area contributed by atoms with Crippen LogP contribution >= 0.6 is 0 Å². The van der Waals surface area contributed by atoms with Gasteiger partial charge in [-0.2, -0.15) is 0 Å². The van der Waals surface area contributed by atoms with Crippen LogP contribution in [-0.4, -0.2) is 35.5 Å². The van der Waals surface area contributed by atoms with Crippen LogP contribution in [0.3, 0.4) is 0 Å². The standard InChI is InChI=1S/C21H25N5O/c1-3-22-19-14-20(26-15(2)25-19)23-11-12-24-21(27)13-17-9-6-8-16-7-4-5-10-18(16)17/h4-10,14H,3,11-13H2,1-2H3,(H,24,27)(H2,22,23,25,26). The Kier molecular flexibility index (Phi) is 6.20. The van der Waals surface area contributed by atoms with Crippen LogP contribution in [0.4, 0.5) is 11.6 Å². The molecule has 2 aromatic carbocycles. The molecule has 0 bridgehead atoms. The lowest BCUT2D eigenvalue weighted by Crippen LogP contribution is -2.30. The Morgan fingerprint density at radius 3 is 2.52 bits per heavy atom. The number of anilines is 2. The van der Waals surface area contributed by atoms with E-state index in [0.29, 0.717) is 25.3 Å². The Hall–Kier alpha value is -3.15. The highest BCUT2D eigenvalue weighted by Gasteiger charge is 2.06. The molecule has 0 aliphatic heterocycles. The van der Waals surface area contributed by atoms with Crippen molar-refractivity contribution in [1.29, 1.82) is 0 Å². The second kappa shape index (κ2) is 8.98. The van der Waals surface area contributed by atoms with E-state index in [4.69, 9.17) is 0 Å². The summed E-state index contributed by atoms with van der Waals surface area (Å²) in [5.41, 5.74) is 1.04. The van der Waals surface area contributed by atoms with Gasteiger partial charge in [-0.25, -0.2) is 9.97 Å². The summed E-state index contributed by atoms with van der Waals surface area (Å²) in [5.74, 6) is 2.27. The molecule has 3 aromatic rings. The summed E-state index contributed by atoms with van der Waals surface area (Å²) >= 11 is 0. The molecule has 0 saturated carbocycles. The van der Waals surface area contributed by atoms with E-state index in [1.54, 1.807) is 0 Å². The molecule has 3 N–H and O–H groups in total. The fourth-order valence-corrected chi connectivity index (χ4v) is 3.00. The zero-order valence-electron chi connectivity index (χ0n) is 15.7. The fraction of sp³-hybridized carbons (Fsp3) is 0.286. The number of aryl methyl sites for hydroxylation is 1. The van der Waals surface area contributed by atoms with Gasteiger partial charge in [0.2, 0.25) is 5.91 Å². The van der Waals surface area contributed by atoms with Crippen molar-refractivity contribution in [3.63, 3.8) is 0 Å². The van der Waals surface area contributed by atoms with E-state index in [2.05, 4.69) is 44.1 Å². The minimum Gasteiger partial charge on any atom is -0.370 e. The molecule has 1 amide bonds. The Bertz CT molecular complexity index is 920. The minimum absolute atomic E-state index is 0.0142. The van der Waals surface area contributed by atoms with Crippen LogP contribution < -0.4 is 16.0 Å². The van der Waals surface area contributed by atoms with Crippen LogP contribution in [0.2, 0.25) is 0 Å². The third kappa shape index (κ3) is 5.17. The van der Waals surface area contributed by atoms with Gasteiger partial charge in [-0.3, -0.25) is 4.79 Å². The molecule has 0 radical (unpaired) electrons. The number of nitrogens with one attached hydrogen (secondary N) is 3. The normalized spacial score (nSPS) is 10.6. The molecule has 1 heterocycles. The summed E-state index contributed by atoms with van der Waals surface area (Å²) in [6.07, 6.45) is 0.374. The molecular formula is C21H25N5O. The predicted molar refractivity (Wildman–Crippen MR) is 110 cm³/mol. The van der Waals surface area contributed by atoms with Gasteiger partial charge in [0, 0.05) is 25.7 Å². The average Bonchev–Trinajstić information content (AvgIpc) is 2.65. The van der Waals surface area contributed by atoms with Crippen molar-refractivity contribution in [2.45, 2.75) is 20.3 Å². The second-order valence-electron chi connectivity index (χ2n) is 6.31. The fourth-order valence-electron chi connectivity index (χ4n) is 3.00. The molecule has 27 heavy (non-hydrogen) atoms. The van der Waals surface area contributed by atoms with Gasteiger partial charge in [-0.05, 0) is 30.2 Å². The van der Waals surface area contributed by atoms with Crippen molar-refractivity contribution < 1.29 is 4.79 Å². The topological polar surface area (TPSA) is 78.9 Å². The van der Waals surface area contributed by atoms with Crippen LogP contribution in [0, 0.1) is 6.92 Å². The van der Waals surface area contributed by atoms with E-state index in [9.17, 15) is 4.79 Å². The first kappa shape index (κ1) is 18.6. The zero-order chi connectivity index (χ0) is 19.1. The third-order valence-corrected chi connectivity index (χ3v) is 4.18. The molecule has 140 valence electrons. The molecule has 1 aromatic heterocycles. The van der Waals surface area contributed by atoms with Gasteiger partial charge in [0.05, 0.1) is 6.42 Å². The number of benzene rings is 2. The number of fused-ring (bicyclic) bond motifs is 1. The smallest absolute Gasteiger partial charge is 0.224 e. The van der Waals surface area contributed by atoms with Crippen molar-refractivity contribution in [3.8, 4) is 0 Å². The Labute approximate surface area is 159 Å². The van der Waals surface area contributed by atoms with Crippen molar-refractivity contribution in [3.05, 3.63) is 59.9 Å². The number of hydrogen-bond donors (Lipinski definition) is 3. The first-order valence-electron chi connectivity index (χ1n) is 9.22. The number of rotatable bonds is 8. The maximum atomic E-state index is 12.3.